The summed E-state index contributed by atoms with van der Waals surface area (Å²) in [6.45, 7) is 3.99. The fraction of sp³-hybridized carbons (Fsp3) is 0.214. The maximum Gasteiger partial charge on any atom is 0.149 e. The molecule has 4 heteroatoms. The molecule has 0 aliphatic heterocycles. The van der Waals surface area contributed by atoms with Crippen molar-refractivity contribution >= 4 is 23.1 Å². The molecule has 1 atom stereocenters. The van der Waals surface area contributed by atoms with E-state index in [1.807, 2.05) is 44.2 Å². The summed E-state index contributed by atoms with van der Waals surface area (Å²) >= 11 is 6.16. The Kier molecular flexibility index (Phi) is 3.72. The van der Waals surface area contributed by atoms with Gasteiger partial charge in [-0.25, -0.2) is 4.98 Å². The Morgan fingerprint density at radius 3 is 2.72 bits per heavy atom. The lowest BCUT2D eigenvalue weighted by molar-refractivity contribution is 0.875. The van der Waals surface area contributed by atoms with Crippen LogP contribution in [0.25, 0.3) is 0 Å². The predicted molar refractivity (Wildman–Crippen MR) is 76.9 cm³/mol. The van der Waals surface area contributed by atoms with Crippen LogP contribution in [0, 0.1) is 6.92 Å². The lowest BCUT2D eigenvalue weighted by Gasteiger charge is -2.17. The third-order valence-corrected chi connectivity index (χ3v) is 3.12. The number of nitrogens with two attached hydrogens (primary N) is 1. The summed E-state index contributed by atoms with van der Waals surface area (Å²) < 4.78 is 0. The van der Waals surface area contributed by atoms with Crippen LogP contribution in [0.4, 0.5) is 11.5 Å². The molecule has 0 amide bonds. The molecule has 0 aliphatic carbocycles. The molecule has 0 spiro atoms. The Labute approximate surface area is 112 Å². The molecule has 1 unspecified atom stereocenters. The van der Waals surface area contributed by atoms with Gasteiger partial charge in [-0.2, -0.15) is 0 Å². The molecule has 1 aromatic carbocycles. The Balaban J connectivity index is 2.21. The van der Waals surface area contributed by atoms with E-state index in [-0.39, 0.29) is 6.04 Å². The molecule has 1 aromatic heterocycles. The molecule has 2 rings (SSSR count). The first kappa shape index (κ1) is 12.7. The first-order valence-corrected chi connectivity index (χ1v) is 6.19. The molecule has 0 fully saturated rings. The largest absolute Gasteiger partial charge is 0.396 e. The summed E-state index contributed by atoms with van der Waals surface area (Å²) in [7, 11) is 0. The number of anilines is 2. The number of benzene rings is 1. The fourth-order valence-corrected chi connectivity index (χ4v) is 2.12. The highest BCUT2D eigenvalue weighted by Crippen LogP contribution is 2.27. The zero-order chi connectivity index (χ0) is 13.1. The lowest BCUT2D eigenvalue weighted by atomic mass is 10.1. The second kappa shape index (κ2) is 5.27. The first-order chi connectivity index (χ1) is 8.58. The number of pyridine rings is 1. The molecule has 0 radical (unpaired) electrons. The molecule has 0 bridgehead atoms. The minimum Gasteiger partial charge on any atom is -0.396 e. The van der Waals surface area contributed by atoms with E-state index >= 15 is 0 Å². The number of hydrogen-bond acceptors (Lipinski definition) is 3. The van der Waals surface area contributed by atoms with Crippen LogP contribution in [0.3, 0.4) is 0 Å². The highest BCUT2D eigenvalue weighted by atomic mass is 35.5. The minimum absolute atomic E-state index is 0.0520. The van der Waals surface area contributed by atoms with Gasteiger partial charge in [0.2, 0.25) is 0 Å². The van der Waals surface area contributed by atoms with Crippen LogP contribution in [-0.2, 0) is 0 Å². The van der Waals surface area contributed by atoms with Crippen LogP contribution in [0.1, 0.15) is 24.1 Å². The number of aryl methyl sites for hydroxylation is 1. The van der Waals surface area contributed by atoms with E-state index in [0.717, 1.165) is 16.1 Å². The number of nitrogens with one attached hydrogen (secondary N) is 1. The van der Waals surface area contributed by atoms with Gasteiger partial charge >= 0.3 is 0 Å². The molecular weight excluding hydrogens is 246 g/mol. The molecule has 94 valence electrons. The molecule has 0 saturated carbocycles. The number of halogens is 1. The van der Waals surface area contributed by atoms with Crippen molar-refractivity contribution < 1.29 is 0 Å². The molecule has 0 saturated heterocycles. The van der Waals surface area contributed by atoms with Crippen LogP contribution in [0.5, 0.6) is 0 Å². The molecule has 2 aromatic rings. The monoisotopic (exact) mass is 261 g/mol. The van der Waals surface area contributed by atoms with Crippen molar-refractivity contribution in [3.05, 3.63) is 52.7 Å². The third-order valence-electron chi connectivity index (χ3n) is 2.78. The van der Waals surface area contributed by atoms with E-state index in [2.05, 4.69) is 10.3 Å². The maximum absolute atomic E-state index is 6.16. The van der Waals surface area contributed by atoms with Crippen molar-refractivity contribution in [2.75, 3.05) is 11.1 Å². The predicted octanol–water partition coefficient (Wildman–Crippen LogP) is 3.80. The van der Waals surface area contributed by atoms with Crippen molar-refractivity contribution in [2.24, 2.45) is 0 Å². The van der Waals surface area contributed by atoms with Crippen LogP contribution in [-0.4, -0.2) is 4.98 Å². The smallest absolute Gasteiger partial charge is 0.149 e. The Hall–Kier alpha value is -1.74. The standard InChI is InChI=1S/C14H16ClN3/c1-9-7-13(16)14(17-8-9)18-10(2)11-5-3-4-6-12(11)15/h3-8,10H,16H2,1-2H3,(H,17,18). The summed E-state index contributed by atoms with van der Waals surface area (Å²) in [5.41, 5.74) is 8.65. The van der Waals surface area contributed by atoms with Gasteiger partial charge in [0, 0.05) is 11.2 Å². The number of nitrogens with zero attached hydrogens (tertiary/aromatic N) is 1. The fourth-order valence-electron chi connectivity index (χ4n) is 1.82. The van der Waals surface area contributed by atoms with Crippen molar-refractivity contribution in [1.82, 2.24) is 4.98 Å². The van der Waals surface area contributed by atoms with Crippen molar-refractivity contribution in [2.45, 2.75) is 19.9 Å². The van der Waals surface area contributed by atoms with Crippen molar-refractivity contribution in [3.8, 4) is 0 Å². The SMILES string of the molecule is Cc1cnc(NC(C)c2ccccc2Cl)c(N)c1. The molecule has 0 aliphatic rings. The van der Waals surface area contributed by atoms with Crippen molar-refractivity contribution in [3.63, 3.8) is 0 Å². The Bertz CT molecular complexity index is 554. The topological polar surface area (TPSA) is 50.9 Å². The molecule has 3 nitrogen and oxygen atoms in total. The van der Waals surface area contributed by atoms with Gasteiger partial charge in [-0.1, -0.05) is 29.8 Å². The zero-order valence-electron chi connectivity index (χ0n) is 10.4. The third kappa shape index (κ3) is 2.74. The molecular formula is C14H16ClN3. The Morgan fingerprint density at radius 1 is 1.33 bits per heavy atom. The second-order valence-electron chi connectivity index (χ2n) is 4.34. The lowest BCUT2D eigenvalue weighted by Crippen LogP contribution is -2.10. The Morgan fingerprint density at radius 2 is 2.06 bits per heavy atom. The van der Waals surface area contributed by atoms with Crippen LogP contribution in [0.15, 0.2) is 36.5 Å². The quantitative estimate of drug-likeness (QED) is 0.884. The summed E-state index contributed by atoms with van der Waals surface area (Å²) in [5, 5.41) is 4.01. The molecule has 3 N–H and O–H groups in total. The van der Waals surface area contributed by atoms with Crippen molar-refractivity contribution in [1.29, 1.82) is 0 Å². The number of rotatable bonds is 3. The summed E-state index contributed by atoms with van der Waals surface area (Å²) in [5.74, 6) is 0.688. The zero-order valence-corrected chi connectivity index (χ0v) is 11.2. The number of nitrogen functional groups attached to an aromatic ring is 1. The number of aromatic nitrogens is 1. The average molecular weight is 262 g/mol. The van der Waals surface area contributed by atoms with E-state index < -0.39 is 0 Å². The highest BCUT2D eigenvalue weighted by molar-refractivity contribution is 6.31. The van der Waals surface area contributed by atoms with E-state index in [4.69, 9.17) is 17.3 Å². The van der Waals surface area contributed by atoms with Gasteiger partial charge in [0.25, 0.3) is 0 Å². The normalized spacial score (nSPS) is 12.2. The molecule has 1 heterocycles. The first-order valence-electron chi connectivity index (χ1n) is 5.81. The van der Waals surface area contributed by atoms with Gasteiger partial charge in [-0.15, -0.1) is 0 Å². The minimum atomic E-state index is 0.0520. The second-order valence-corrected chi connectivity index (χ2v) is 4.75. The van der Waals surface area contributed by atoms with Gasteiger partial charge in [0.15, 0.2) is 0 Å². The summed E-state index contributed by atoms with van der Waals surface area (Å²) in [6, 6.07) is 9.69. The number of hydrogen-bond donors (Lipinski definition) is 2. The van der Waals surface area contributed by atoms with E-state index in [1.54, 1.807) is 6.20 Å². The van der Waals surface area contributed by atoms with Gasteiger partial charge in [0.05, 0.1) is 11.7 Å². The van der Waals surface area contributed by atoms with Gasteiger partial charge < -0.3 is 11.1 Å². The van der Waals surface area contributed by atoms with Crippen LogP contribution < -0.4 is 11.1 Å². The summed E-state index contributed by atoms with van der Waals surface area (Å²) in [6.07, 6.45) is 1.79. The van der Waals surface area contributed by atoms with E-state index in [1.165, 1.54) is 0 Å². The average Bonchev–Trinajstić information content (AvgIpc) is 2.33. The van der Waals surface area contributed by atoms with E-state index in [9.17, 15) is 0 Å². The van der Waals surface area contributed by atoms with Crippen LogP contribution >= 0.6 is 11.6 Å². The van der Waals surface area contributed by atoms with Gasteiger partial charge in [-0.3, -0.25) is 0 Å². The maximum atomic E-state index is 6.16. The summed E-state index contributed by atoms with van der Waals surface area (Å²) in [4.78, 5) is 4.29. The van der Waals surface area contributed by atoms with Crippen LogP contribution in [0.2, 0.25) is 5.02 Å². The van der Waals surface area contributed by atoms with Gasteiger partial charge in [-0.05, 0) is 37.1 Å². The molecule has 18 heavy (non-hydrogen) atoms. The van der Waals surface area contributed by atoms with E-state index in [0.29, 0.717) is 11.5 Å². The highest BCUT2D eigenvalue weighted by Gasteiger charge is 2.10. The van der Waals surface area contributed by atoms with Gasteiger partial charge in [0.1, 0.15) is 5.82 Å².